The van der Waals surface area contributed by atoms with Gasteiger partial charge in [0.15, 0.2) is 0 Å². The number of rotatable bonds is 6. The van der Waals surface area contributed by atoms with Crippen molar-refractivity contribution in [2.75, 3.05) is 5.75 Å². The number of benzene rings is 3. The fourth-order valence-electron chi connectivity index (χ4n) is 3.37. The molecule has 1 aliphatic rings. The summed E-state index contributed by atoms with van der Waals surface area (Å²) in [4.78, 5) is 26.8. The van der Waals surface area contributed by atoms with Crippen LogP contribution in [0, 0.1) is 0 Å². The number of amides is 2. The SMILES string of the molecule is O=C(NCc1ccc(Cl)cc1)c1ccc([C@@H]2SCC(=O)N2Cc2ccc(Cl)cc2)cc1. The van der Waals surface area contributed by atoms with E-state index in [1.807, 2.05) is 53.4 Å². The van der Waals surface area contributed by atoms with Crippen LogP contribution in [0.3, 0.4) is 0 Å². The van der Waals surface area contributed by atoms with Gasteiger partial charge < -0.3 is 10.2 Å². The van der Waals surface area contributed by atoms with Crippen molar-refractivity contribution < 1.29 is 9.59 Å². The van der Waals surface area contributed by atoms with E-state index in [0.29, 0.717) is 34.5 Å². The summed E-state index contributed by atoms with van der Waals surface area (Å²) in [7, 11) is 0. The van der Waals surface area contributed by atoms with Crippen molar-refractivity contribution in [2.24, 2.45) is 0 Å². The lowest BCUT2D eigenvalue weighted by atomic mass is 10.1. The zero-order valence-electron chi connectivity index (χ0n) is 16.6. The van der Waals surface area contributed by atoms with Crippen LogP contribution in [-0.4, -0.2) is 22.5 Å². The number of nitrogens with zero attached hydrogens (tertiary/aromatic N) is 1. The van der Waals surface area contributed by atoms with Gasteiger partial charge in [0.05, 0.1) is 5.75 Å². The standard InChI is InChI=1S/C24H20Cl2N2O2S/c25-20-9-1-16(2-10-20)13-27-23(30)18-5-7-19(8-6-18)24-28(22(29)15-31-24)14-17-3-11-21(26)12-4-17/h1-12,24H,13-15H2,(H,27,30)/t24-/m0/s1. The fourth-order valence-corrected chi connectivity index (χ4v) is 4.81. The van der Waals surface area contributed by atoms with Gasteiger partial charge in [0.2, 0.25) is 5.91 Å². The Kier molecular flexibility index (Phi) is 6.86. The molecule has 0 radical (unpaired) electrons. The van der Waals surface area contributed by atoms with E-state index < -0.39 is 0 Å². The summed E-state index contributed by atoms with van der Waals surface area (Å²) >= 11 is 13.4. The normalized spacial score (nSPS) is 15.9. The molecule has 7 heteroatoms. The predicted molar refractivity (Wildman–Crippen MR) is 126 cm³/mol. The molecule has 1 heterocycles. The lowest BCUT2D eigenvalue weighted by Crippen LogP contribution is -2.27. The Hall–Kier alpha value is -2.47. The number of carbonyl (C=O) groups excluding carboxylic acids is 2. The van der Waals surface area contributed by atoms with Crippen LogP contribution < -0.4 is 5.32 Å². The number of thioether (sulfide) groups is 1. The average Bonchev–Trinajstić information content (AvgIpc) is 3.15. The van der Waals surface area contributed by atoms with Crippen LogP contribution in [0.1, 0.15) is 32.4 Å². The van der Waals surface area contributed by atoms with Crippen molar-refractivity contribution in [2.45, 2.75) is 18.5 Å². The highest BCUT2D eigenvalue weighted by atomic mass is 35.5. The Bertz CT molecular complexity index is 1070. The summed E-state index contributed by atoms with van der Waals surface area (Å²) < 4.78 is 0. The molecule has 4 nitrogen and oxygen atoms in total. The summed E-state index contributed by atoms with van der Waals surface area (Å²) in [6.07, 6.45) is 0. The summed E-state index contributed by atoms with van der Waals surface area (Å²) in [5.41, 5.74) is 3.59. The molecule has 3 aromatic rings. The predicted octanol–water partition coefficient (Wildman–Crippen LogP) is 5.70. The highest BCUT2D eigenvalue weighted by molar-refractivity contribution is 8.00. The maximum Gasteiger partial charge on any atom is 0.251 e. The number of carbonyl (C=O) groups is 2. The van der Waals surface area contributed by atoms with E-state index in [4.69, 9.17) is 23.2 Å². The second-order valence-electron chi connectivity index (χ2n) is 7.24. The van der Waals surface area contributed by atoms with Gasteiger partial charge in [-0.15, -0.1) is 11.8 Å². The summed E-state index contributed by atoms with van der Waals surface area (Å²) in [5, 5.41) is 4.18. The molecule has 0 aliphatic carbocycles. The van der Waals surface area contributed by atoms with Crippen LogP contribution >= 0.6 is 35.0 Å². The minimum atomic E-state index is -0.144. The number of hydrogen-bond donors (Lipinski definition) is 1. The Morgan fingerprint density at radius 3 is 2.10 bits per heavy atom. The summed E-state index contributed by atoms with van der Waals surface area (Å²) in [6, 6.07) is 22.3. The molecule has 1 aliphatic heterocycles. The molecule has 2 amide bonds. The first-order valence-electron chi connectivity index (χ1n) is 9.78. The van der Waals surface area contributed by atoms with Crippen LogP contribution in [0.2, 0.25) is 10.0 Å². The Labute approximate surface area is 195 Å². The van der Waals surface area contributed by atoms with E-state index >= 15 is 0 Å². The zero-order valence-corrected chi connectivity index (χ0v) is 18.9. The lowest BCUT2D eigenvalue weighted by Gasteiger charge is -2.24. The third-order valence-corrected chi connectivity index (χ3v) is 6.82. The highest BCUT2D eigenvalue weighted by Crippen LogP contribution is 2.39. The first kappa shape index (κ1) is 21.8. The molecule has 3 aromatic carbocycles. The van der Waals surface area contributed by atoms with E-state index in [2.05, 4.69) is 5.32 Å². The van der Waals surface area contributed by atoms with E-state index in [1.54, 1.807) is 36.0 Å². The van der Waals surface area contributed by atoms with Gasteiger partial charge in [-0.2, -0.15) is 0 Å². The van der Waals surface area contributed by atoms with Gasteiger partial charge in [-0.05, 0) is 53.1 Å². The molecular formula is C24H20Cl2N2O2S. The molecule has 0 aromatic heterocycles. The van der Waals surface area contributed by atoms with Gasteiger partial charge >= 0.3 is 0 Å². The van der Waals surface area contributed by atoms with Crippen molar-refractivity contribution in [3.05, 3.63) is 105 Å². The zero-order chi connectivity index (χ0) is 21.8. The van der Waals surface area contributed by atoms with Gasteiger partial charge in [0.25, 0.3) is 5.91 Å². The van der Waals surface area contributed by atoms with Gasteiger partial charge in [-0.3, -0.25) is 9.59 Å². The first-order chi connectivity index (χ1) is 15.0. The monoisotopic (exact) mass is 470 g/mol. The minimum Gasteiger partial charge on any atom is -0.348 e. The highest BCUT2D eigenvalue weighted by Gasteiger charge is 2.32. The van der Waals surface area contributed by atoms with Gasteiger partial charge in [-0.25, -0.2) is 0 Å². The second-order valence-corrected chi connectivity index (χ2v) is 9.18. The van der Waals surface area contributed by atoms with E-state index in [-0.39, 0.29) is 17.2 Å². The Morgan fingerprint density at radius 1 is 0.903 bits per heavy atom. The number of halogens is 2. The molecule has 1 fully saturated rings. The quantitative estimate of drug-likeness (QED) is 0.502. The fraction of sp³-hybridized carbons (Fsp3) is 0.167. The van der Waals surface area contributed by atoms with Gasteiger partial charge in [0.1, 0.15) is 5.37 Å². The topological polar surface area (TPSA) is 49.4 Å². The summed E-state index contributed by atoms with van der Waals surface area (Å²) in [6.45, 7) is 0.955. The molecule has 31 heavy (non-hydrogen) atoms. The molecule has 0 saturated carbocycles. The van der Waals surface area contributed by atoms with Gasteiger partial charge in [0, 0.05) is 28.7 Å². The second kappa shape index (κ2) is 9.77. The van der Waals surface area contributed by atoms with Crippen LogP contribution in [0.15, 0.2) is 72.8 Å². The molecule has 158 valence electrons. The molecule has 0 bridgehead atoms. The van der Waals surface area contributed by atoms with E-state index in [9.17, 15) is 9.59 Å². The molecule has 0 unspecified atom stereocenters. The van der Waals surface area contributed by atoms with Crippen molar-refractivity contribution in [1.82, 2.24) is 10.2 Å². The first-order valence-corrected chi connectivity index (χ1v) is 11.6. The molecule has 1 N–H and O–H groups in total. The van der Waals surface area contributed by atoms with Crippen LogP contribution in [-0.2, 0) is 17.9 Å². The molecule has 4 rings (SSSR count). The summed E-state index contributed by atoms with van der Waals surface area (Å²) in [5.74, 6) is 0.408. The van der Waals surface area contributed by atoms with Crippen molar-refractivity contribution in [3.8, 4) is 0 Å². The number of nitrogens with one attached hydrogen (secondary N) is 1. The Morgan fingerprint density at radius 2 is 1.48 bits per heavy atom. The van der Waals surface area contributed by atoms with Gasteiger partial charge in [-0.1, -0.05) is 59.6 Å². The van der Waals surface area contributed by atoms with Crippen molar-refractivity contribution in [3.63, 3.8) is 0 Å². The number of hydrogen-bond acceptors (Lipinski definition) is 3. The van der Waals surface area contributed by atoms with Crippen molar-refractivity contribution >= 4 is 46.8 Å². The van der Waals surface area contributed by atoms with Crippen molar-refractivity contribution in [1.29, 1.82) is 0 Å². The maximum absolute atomic E-state index is 12.5. The van der Waals surface area contributed by atoms with E-state index in [1.165, 1.54) is 0 Å². The molecular weight excluding hydrogens is 451 g/mol. The average molecular weight is 471 g/mol. The minimum absolute atomic E-state index is 0.0747. The molecule has 1 atom stereocenters. The van der Waals surface area contributed by atoms with Crippen LogP contribution in [0.5, 0.6) is 0 Å². The molecule has 0 spiro atoms. The third kappa shape index (κ3) is 5.42. The lowest BCUT2D eigenvalue weighted by molar-refractivity contribution is -0.128. The third-order valence-electron chi connectivity index (χ3n) is 5.06. The van der Waals surface area contributed by atoms with E-state index in [0.717, 1.165) is 16.7 Å². The van der Waals surface area contributed by atoms with Crippen LogP contribution in [0.4, 0.5) is 0 Å². The smallest absolute Gasteiger partial charge is 0.251 e. The largest absolute Gasteiger partial charge is 0.348 e. The Balaban J connectivity index is 1.41. The van der Waals surface area contributed by atoms with Crippen LogP contribution in [0.25, 0.3) is 0 Å². The molecule has 1 saturated heterocycles. The maximum atomic E-state index is 12.5.